The number of aromatic nitrogens is 2. The summed E-state index contributed by atoms with van der Waals surface area (Å²) in [5.74, 6) is 0. The lowest BCUT2D eigenvalue weighted by Crippen LogP contribution is -2.39. The highest BCUT2D eigenvalue weighted by Crippen LogP contribution is 2.40. The fourth-order valence-electron chi connectivity index (χ4n) is 4.93. The zero-order chi connectivity index (χ0) is 22.5. The van der Waals surface area contributed by atoms with Crippen molar-refractivity contribution in [2.24, 2.45) is 0 Å². The molecule has 0 spiro atoms. The highest BCUT2D eigenvalue weighted by Gasteiger charge is 2.41. The molecule has 7 nitrogen and oxygen atoms in total. The lowest BCUT2D eigenvalue weighted by atomic mass is 9.96. The maximum Gasteiger partial charge on any atom is 0.170 e. The molecule has 1 N–H and O–H groups in total. The monoisotopic (exact) mass is 457 g/mol. The van der Waals surface area contributed by atoms with Gasteiger partial charge in [0.15, 0.2) is 5.11 Å². The molecular weight excluding hydrogens is 422 g/mol. The summed E-state index contributed by atoms with van der Waals surface area (Å²) in [7, 11) is 1.75. The van der Waals surface area contributed by atoms with Gasteiger partial charge in [0.1, 0.15) is 0 Å². The molecule has 2 aromatic heterocycles. The quantitative estimate of drug-likeness (QED) is 0.581. The van der Waals surface area contributed by atoms with E-state index in [9.17, 15) is 0 Å². The number of hydrogen-bond donors (Lipinski definition) is 1. The van der Waals surface area contributed by atoms with Crippen LogP contribution in [0.3, 0.4) is 0 Å². The molecule has 4 heterocycles. The summed E-state index contributed by atoms with van der Waals surface area (Å²) in [5, 5.41) is 4.40. The molecule has 2 atom stereocenters. The Morgan fingerprint density at radius 3 is 2.72 bits per heavy atom. The van der Waals surface area contributed by atoms with Gasteiger partial charge in [0.25, 0.3) is 0 Å². The molecule has 8 heteroatoms. The van der Waals surface area contributed by atoms with Gasteiger partial charge in [0.05, 0.1) is 37.6 Å². The maximum absolute atomic E-state index is 5.84. The summed E-state index contributed by atoms with van der Waals surface area (Å²) < 4.78 is 13.2. The lowest BCUT2D eigenvalue weighted by Gasteiger charge is -2.30. The van der Waals surface area contributed by atoms with E-state index in [1.807, 2.05) is 18.3 Å². The Morgan fingerprint density at radius 1 is 1.19 bits per heavy atom. The third-order valence-corrected chi connectivity index (χ3v) is 6.98. The molecule has 2 aliphatic heterocycles. The smallest absolute Gasteiger partial charge is 0.170 e. The van der Waals surface area contributed by atoms with Crippen LogP contribution >= 0.6 is 12.2 Å². The Kier molecular flexibility index (Phi) is 7.78. The van der Waals surface area contributed by atoms with Crippen LogP contribution in [0.2, 0.25) is 0 Å². The van der Waals surface area contributed by atoms with E-state index in [0.717, 1.165) is 63.2 Å². The minimum absolute atomic E-state index is 0.0310. The van der Waals surface area contributed by atoms with E-state index in [1.165, 1.54) is 17.0 Å². The topological polar surface area (TPSA) is 54.8 Å². The number of morpholine rings is 1. The Bertz CT molecular complexity index is 897. The molecule has 0 bridgehead atoms. The molecule has 174 valence electrons. The SMILES string of the molecule is COCCn1c(C)cc([C@H]2[C@@H](c3ccccn3)NC(=S)N2CCCN2CCOCC2)c1C. The molecule has 0 aromatic carbocycles. The fraction of sp³-hybridized carbons (Fsp3) is 0.583. The fourth-order valence-corrected chi connectivity index (χ4v) is 5.26. The normalized spacial score (nSPS) is 21.8. The van der Waals surface area contributed by atoms with Gasteiger partial charge in [-0.05, 0) is 56.2 Å². The largest absolute Gasteiger partial charge is 0.383 e. The van der Waals surface area contributed by atoms with Crippen molar-refractivity contribution in [1.29, 1.82) is 0 Å². The number of nitrogens with one attached hydrogen (secondary N) is 1. The number of hydrogen-bond acceptors (Lipinski definition) is 5. The van der Waals surface area contributed by atoms with Gasteiger partial charge in [-0.3, -0.25) is 9.88 Å². The second kappa shape index (κ2) is 10.7. The van der Waals surface area contributed by atoms with Crippen LogP contribution in [0.25, 0.3) is 0 Å². The first-order chi connectivity index (χ1) is 15.6. The van der Waals surface area contributed by atoms with E-state index >= 15 is 0 Å². The number of pyridine rings is 1. The first kappa shape index (κ1) is 23.2. The first-order valence-corrected chi connectivity index (χ1v) is 11.9. The zero-order valence-electron chi connectivity index (χ0n) is 19.4. The van der Waals surface area contributed by atoms with Crippen molar-refractivity contribution in [3.05, 3.63) is 53.1 Å². The number of ether oxygens (including phenoxy) is 2. The molecule has 2 aromatic rings. The Hall–Kier alpha value is -2.00. The average Bonchev–Trinajstić information content (AvgIpc) is 3.29. The van der Waals surface area contributed by atoms with E-state index in [4.69, 9.17) is 21.7 Å². The van der Waals surface area contributed by atoms with E-state index in [1.54, 1.807) is 7.11 Å². The highest BCUT2D eigenvalue weighted by molar-refractivity contribution is 7.80. The van der Waals surface area contributed by atoms with Crippen molar-refractivity contribution in [3.8, 4) is 0 Å². The minimum atomic E-state index is 0.0310. The van der Waals surface area contributed by atoms with Crippen molar-refractivity contribution in [1.82, 2.24) is 24.7 Å². The van der Waals surface area contributed by atoms with Crippen LogP contribution in [0.4, 0.5) is 0 Å². The molecule has 0 amide bonds. The molecule has 2 fully saturated rings. The van der Waals surface area contributed by atoms with Crippen LogP contribution in [-0.4, -0.2) is 77.6 Å². The van der Waals surface area contributed by atoms with Crippen molar-refractivity contribution >= 4 is 17.3 Å². The summed E-state index contributed by atoms with van der Waals surface area (Å²) in [6.45, 7) is 11.6. The van der Waals surface area contributed by atoms with Crippen LogP contribution in [0.5, 0.6) is 0 Å². The van der Waals surface area contributed by atoms with Crippen LogP contribution in [0.1, 0.15) is 41.1 Å². The van der Waals surface area contributed by atoms with Gasteiger partial charge in [-0.15, -0.1) is 0 Å². The molecular formula is C24H35N5O2S. The van der Waals surface area contributed by atoms with E-state index in [2.05, 4.69) is 50.6 Å². The van der Waals surface area contributed by atoms with Crippen molar-refractivity contribution in [2.75, 3.05) is 53.1 Å². The molecule has 4 rings (SSSR count). The zero-order valence-corrected chi connectivity index (χ0v) is 20.2. The van der Waals surface area contributed by atoms with Gasteiger partial charge >= 0.3 is 0 Å². The van der Waals surface area contributed by atoms with Gasteiger partial charge in [-0.25, -0.2) is 0 Å². The van der Waals surface area contributed by atoms with Gasteiger partial charge in [0, 0.05) is 57.4 Å². The Labute approximate surface area is 196 Å². The van der Waals surface area contributed by atoms with Crippen LogP contribution < -0.4 is 5.32 Å². The summed E-state index contributed by atoms with van der Waals surface area (Å²) >= 11 is 5.84. The number of aryl methyl sites for hydroxylation is 1. The van der Waals surface area contributed by atoms with Crippen LogP contribution in [-0.2, 0) is 16.0 Å². The van der Waals surface area contributed by atoms with E-state index in [0.29, 0.717) is 6.61 Å². The average molecular weight is 458 g/mol. The molecule has 0 saturated carbocycles. The van der Waals surface area contributed by atoms with Crippen molar-refractivity contribution in [2.45, 2.75) is 38.9 Å². The van der Waals surface area contributed by atoms with Gasteiger partial charge in [-0.2, -0.15) is 0 Å². The summed E-state index contributed by atoms with van der Waals surface area (Å²) in [5.41, 5.74) is 4.86. The molecule has 32 heavy (non-hydrogen) atoms. The molecule has 0 aliphatic carbocycles. The Balaban J connectivity index is 1.59. The molecule has 2 aliphatic rings. The summed E-state index contributed by atoms with van der Waals surface area (Å²) in [6, 6.07) is 8.56. The summed E-state index contributed by atoms with van der Waals surface area (Å²) in [4.78, 5) is 9.53. The molecule has 2 saturated heterocycles. The van der Waals surface area contributed by atoms with Gasteiger partial charge < -0.3 is 24.3 Å². The second-order valence-electron chi connectivity index (χ2n) is 8.60. The first-order valence-electron chi connectivity index (χ1n) is 11.5. The number of methoxy groups -OCH3 is 1. The third-order valence-electron chi connectivity index (χ3n) is 6.63. The third kappa shape index (κ3) is 4.98. The standard InChI is InChI=1S/C24H35N5O2S/c1-18-17-20(19(2)28(18)13-14-30-3)23-22(21-7-4-5-8-25-21)26-24(32)29(23)10-6-9-27-11-15-31-16-12-27/h4-5,7-8,17,22-23H,6,9-16H2,1-3H3,(H,26,32)/t22-,23+/m1/s1. The van der Waals surface area contributed by atoms with Gasteiger partial charge in [0.2, 0.25) is 0 Å². The maximum atomic E-state index is 5.84. The van der Waals surface area contributed by atoms with Crippen molar-refractivity contribution in [3.63, 3.8) is 0 Å². The second-order valence-corrected chi connectivity index (χ2v) is 8.99. The van der Waals surface area contributed by atoms with E-state index < -0.39 is 0 Å². The molecule has 0 unspecified atom stereocenters. The lowest BCUT2D eigenvalue weighted by molar-refractivity contribution is 0.0365. The number of rotatable bonds is 9. The predicted molar refractivity (Wildman–Crippen MR) is 130 cm³/mol. The number of nitrogens with zero attached hydrogens (tertiary/aromatic N) is 4. The van der Waals surface area contributed by atoms with Crippen LogP contribution in [0.15, 0.2) is 30.5 Å². The number of thiocarbonyl (C=S) groups is 1. The highest BCUT2D eigenvalue weighted by atomic mass is 32.1. The summed E-state index contributed by atoms with van der Waals surface area (Å²) in [6.07, 6.45) is 2.93. The van der Waals surface area contributed by atoms with Crippen molar-refractivity contribution < 1.29 is 9.47 Å². The Morgan fingerprint density at radius 2 is 2.00 bits per heavy atom. The molecule has 0 radical (unpaired) electrons. The van der Waals surface area contributed by atoms with Crippen LogP contribution in [0, 0.1) is 13.8 Å². The van der Waals surface area contributed by atoms with Gasteiger partial charge in [-0.1, -0.05) is 6.07 Å². The predicted octanol–water partition coefficient (Wildman–Crippen LogP) is 2.84. The minimum Gasteiger partial charge on any atom is -0.383 e. The van der Waals surface area contributed by atoms with E-state index in [-0.39, 0.29) is 12.1 Å².